The van der Waals surface area contributed by atoms with E-state index in [9.17, 15) is 4.79 Å². The van der Waals surface area contributed by atoms with Crippen LogP contribution >= 0.6 is 0 Å². The summed E-state index contributed by atoms with van der Waals surface area (Å²) >= 11 is 0. The Hall–Kier alpha value is -1.71. The van der Waals surface area contributed by atoms with Crippen LogP contribution in [0.3, 0.4) is 0 Å². The van der Waals surface area contributed by atoms with E-state index in [4.69, 9.17) is 10.5 Å². The Kier molecular flexibility index (Phi) is 2.04. The number of nitrogens with zero attached hydrogens (tertiary/aromatic N) is 1. The van der Waals surface area contributed by atoms with Crippen LogP contribution in [0.4, 0.5) is 5.69 Å². The van der Waals surface area contributed by atoms with E-state index in [1.54, 1.807) is 7.11 Å². The van der Waals surface area contributed by atoms with Crippen molar-refractivity contribution in [3.05, 3.63) is 24.3 Å². The molecule has 4 heteroatoms. The molecule has 74 valence electrons. The SMILES string of the molecule is COc1ccc(N2C[C@H]2C(N)=O)cc1. The number of hydrogen-bond acceptors (Lipinski definition) is 3. The van der Waals surface area contributed by atoms with E-state index >= 15 is 0 Å². The van der Waals surface area contributed by atoms with Crippen LogP contribution in [0.1, 0.15) is 0 Å². The molecule has 1 amide bonds. The third-order valence-electron chi connectivity index (χ3n) is 2.34. The second-order valence-corrected chi connectivity index (χ2v) is 3.27. The van der Waals surface area contributed by atoms with Crippen LogP contribution in [0.2, 0.25) is 0 Å². The van der Waals surface area contributed by atoms with Crippen LogP contribution in [0.25, 0.3) is 0 Å². The Morgan fingerprint density at radius 2 is 2.14 bits per heavy atom. The molecule has 1 saturated heterocycles. The molecule has 1 atom stereocenters. The second kappa shape index (κ2) is 3.21. The fourth-order valence-electron chi connectivity index (χ4n) is 1.44. The Balaban J connectivity index is 2.08. The van der Waals surface area contributed by atoms with E-state index in [2.05, 4.69) is 0 Å². The number of ether oxygens (including phenoxy) is 1. The van der Waals surface area contributed by atoms with Gasteiger partial charge in [-0.1, -0.05) is 0 Å². The molecule has 1 heterocycles. The van der Waals surface area contributed by atoms with E-state index in [1.807, 2.05) is 29.2 Å². The van der Waals surface area contributed by atoms with Gasteiger partial charge in [0.1, 0.15) is 11.8 Å². The number of rotatable bonds is 3. The average Bonchev–Trinajstić information content (AvgIpc) is 2.97. The fourth-order valence-corrected chi connectivity index (χ4v) is 1.44. The van der Waals surface area contributed by atoms with Gasteiger partial charge in [0.05, 0.1) is 7.11 Å². The van der Waals surface area contributed by atoms with Crippen LogP contribution < -0.4 is 15.4 Å². The van der Waals surface area contributed by atoms with Gasteiger partial charge in [-0.3, -0.25) is 4.79 Å². The van der Waals surface area contributed by atoms with Crippen molar-refractivity contribution in [3.8, 4) is 5.75 Å². The number of benzene rings is 1. The third-order valence-corrected chi connectivity index (χ3v) is 2.34. The number of hydrogen-bond donors (Lipinski definition) is 1. The van der Waals surface area contributed by atoms with Crippen molar-refractivity contribution in [1.29, 1.82) is 0 Å². The average molecular weight is 192 g/mol. The van der Waals surface area contributed by atoms with Crippen molar-refractivity contribution in [2.75, 3.05) is 18.6 Å². The smallest absolute Gasteiger partial charge is 0.241 e. The number of anilines is 1. The van der Waals surface area contributed by atoms with Crippen molar-refractivity contribution in [1.82, 2.24) is 0 Å². The van der Waals surface area contributed by atoms with Gasteiger partial charge in [0.15, 0.2) is 0 Å². The number of primary amides is 1. The highest BCUT2D eigenvalue weighted by Crippen LogP contribution is 2.28. The fraction of sp³-hybridized carbons (Fsp3) is 0.300. The molecule has 1 aromatic carbocycles. The van der Waals surface area contributed by atoms with E-state index < -0.39 is 0 Å². The minimum atomic E-state index is -0.263. The number of methoxy groups -OCH3 is 1. The maximum Gasteiger partial charge on any atom is 0.241 e. The minimum Gasteiger partial charge on any atom is -0.497 e. The minimum absolute atomic E-state index is 0.122. The van der Waals surface area contributed by atoms with Crippen molar-refractivity contribution >= 4 is 11.6 Å². The second-order valence-electron chi connectivity index (χ2n) is 3.27. The molecule has 0 saturated carbocycles. The van der Waals surface area contributed by atoms with Gasteiger partial charge in [0, 0.05) is 12.2 Å². The van der Waals surface area contributed by atoms with Crippen molar-refractivity contribution < 1.29 is 9.53 Å². The molecule has 1 fully saturated rings. The first-order valence-electron chi connectivity index (χ1n) is 4.42. The Morgan fingerprint density at radius 1 is 1.50 bits per heavy atom. The Bertz CT molecular complexity index is 348. The summed E-state index contributed by atoms with van der Waals surface area (Å²) in [7, 11) is 1.62. The number of nitrogens with two attached hydrogens (primary N) is 1. The zero-order valence-corrected chi connectivity index (χ0v) is 7.93. The van der Waals surface area contributed by atoms with Crippen LogP contribution in [0.15, 0.2) is 24.3 Å². The quantitative estimate of drug-likeness (QED) is 0.704. The summed E-state index contributed by atoms with van der Waals surface area (Å²) in [5.41, 5.74) is 6.19. The molecule has 0 radical (unpaired) electrons. The summed E-state index contributed by atoms with van der Waals surface area (Å²) in [5, 5.41) is 0. The molecular weight excluding hydrogens is 180 g/mol. The molecule has 0 aliphatic carbocycles. The highest BCUT2D eigenvalue weighted by molar-refractivity contribution is 5.89. The first-order valence-corrected chi connectivity index (χ1v) is 4.42. The highest BCUT2D eigenvalue weighted by Gasteiger charge is 2.38. The lowest BCUT2D eigenvalue weighted by Crippen LogP contribution is -2.21. The van der Waals surface area contributed by atoms with E-state index in [0.717, 1.165) is 18.0 Å². The Labute approximate surface area is 82.3 Å². The maximum atomic E-state index is 10.8. The molecule has 0 bridgehead atoms. The predicted octanol–water partition coefficient (Wildman–Crippen LogP) is 0.369. The first kappa shape index (κ1) is 8.87. The summed E-state index contributed by atoms with van der Waals surface area (Å²) in [5.74, 6) is 0.548. The molecular formula is C10H12N2O2. The predicted molar refractivity (Wildman–Crippen MR) is 53.3 cm³/mol. The molecule has 2 rings (SSSR count). The van der Waals surface area contributed by atoms with Crippen LogP contribution in [-0.2, 0) is 4.79 Å². The molecule has 2 N–H and O–H groups in total. The van der Waals surface area contributed by atoms with Gasteiger partial charge < -0.3 is 15.4 Å². The van der Waals surface area contributed by atoms with Crippen molar-refractivity contribution in [2.45, 2.75) is 6.04 Å². The molecule has 0 aromatic heterocycles. The summed E-state index contributed by atoms with van der Waals surface area (Å²) in [6.07, 6.45) is 0. The largest absolute Gasteiger partial charge is 0.497 e. The standard InChI is InChI=1S/C10H12N2O2/c1-14-8-4-2-7(3-5-8)12-6-9(12)10(11)13/h2-5,9H,6H2,1H3,(H2,11,13)/t9-,12?/m0/s1. The number of amides is 1. The van der Waals surface area contributed by atoms with Gasteiger partial charge in [-0.2, -0.15) is 0 Å². The van der Waals surface area contributed by atoms with Crippen LogP contribution in [-0.4, -0.2) is 25.6 Å². The summed E-state index contributed by atoms with van der Waals surface area (Å²) < 4.78 is 5.03. The van der Waals surface area contributed by atoms with Crippen molar-refractivity contribution in [2.24, 2.45) is 5.73 Å². The monoisotopic (exact) mass is 192 g/mol. The summed E-state index contributed by atoms with van der Waals surface area (Å²) in [6, 6.07) is 7.45. The van der Waals surface area contributed by atoms with Gasteiger partial charge in [-0.15, -0.1) is 0 Å². The van der Waals surface area contributed by atoms with Gasteiger partial charge in [-0.05, 0) is 24.3 Å². The normalized spacial score (nSPS) is 19.2. The van der Waals surface area contributed by atoms with Crippen LogP contribution in [0, 0.1) is 0 Å². The lowest BCUT2D eigenvalue weighted by Gasteiger charge is -2.05. The zero-order chi connectivity index (χ0) is 10.1. The molecule has 1 aromatic rings. The highest BCUT2D eigenvalue weighted by atomic mass is 16.5. The molecule has 0 unspecified atom stereocenters. The lowest BCUT2D eigenvalue weighted by atomic mass is 10.3. The number of carbonyl (C=O) groups excluding carboxylic acids is 1. The van der Waals surface area contributed by atoms with Gasteiger partial charge in [0.2, 0.25) is 5.91 Å². The summed E-state index contributed by atoms with van der Waals surface area (Å²) in [4.78, 5) is 12.8. The molecule has 4 nitrogen and oxygen atoms in total. The third kappa shape index (κ3) is 1.51. The molecule has 1 aliphatic rings. The van der Waals surface area contributed by atoms with Crippen molar-refractivity contribution in [3.63, 3.8) is 0 Å². The maximum absolute atomic E-state index is 10.8. The Morgan fingerprint density at radius 3 is 2.57 bits per heavy atom. The zero-order valence-electron chi connectivity index (χ0n) is 7.93. The molecule has 14 heavy (non-hydrogen) atoms. The lowest BCUT2D eigenvalue weighted by molar-refractivity contribution is -0.117. The van der Waals surface area contributed by atoms with Gasteiger partial charge in [0.25, 0.3) is 0 Å². The van der Waals surface area contributed by atoms with Gasteiger partial charge in [-0.25, -0.2) is 0 Å². The molecule has 1 aliphatic heterocycles. The van der Waals surface area contributed by atoms with Gasteiger partial charge >= 0.3 is 0 Å². The van der Waals surface area contributed by atoms with E-state index in [0.29, 0.717) is 0 Å². The topological polar surface area (TPSA) is 55.3 Å². The van der Waals surface area contributed by atoms with E-state index in [-0.39, 0.29) is 11.9 Å². The van der Waals surface area contributed by atoms with E-state index in [1.165, 1.54) is 0 Å². The van der Waals surface area contributed by atoms with Crippen LogP contribution in [0.5, 0.6) is 5.75 Å². The molecule has 0 spiro atoms. The number of carbonyl (C=O) groups is 1. The first-order chi connectivity index (χ1) is 6.72. The summed E-state index contributed by atoms with van der Waals surface area (Å²) in [6.45, 7) is 0.724.